The van der Waals surface area contributed by atoms with Crippen LogP contribution in [0.25, 0.3) is 22.3 Å². The van der Waals surface area contributed by atoms with E-state index in [0.717, 1.165) is 59.7 Å². The molecule has 2 fully saturated rings. The van der Waals surface area contributed by atoms with Crippen molar-refractivity contribution in [2.45, 2.75) is 24.8 Å². The maximum Gasteiger partial charge on any atom is 0.162 e. The van der Waals surface area contributed by atoms with E-state index >= 15 is 0 Å². The van der Waals surface area contributed by atoms with Gasteiger partial charge in [-0.15, -0.1) is 0 Å². The first-order chi connectivity index (χ1) is 16.8. The van der Waals surface area contributed by atoms with Gasteiger partial charge in [-0.1, -0.05) is 18.2 Å². The molecule has 0 radical (unpaired) electrons. The van der Waals surface area contributed by atoms with Crippen molar-refractivity contribution >= 4 is 28.2 Å². The molecule has 1 saturated carbocycles. The van der Waals surface area contributed by atoms with Gasteiger partial charge in [-0.05, 0) is 48.6 Å². The van der Waals surface area contributed by atoms with E-state index in [9.17, 15) is 4.39 Å². The molecule has 172 valence electrons. The van der Waals surface area contributed by atoms with Crippen LogP contribution in [0, 0.1) is 0 Å². The van der Waals surface area contributed by atoms with Gasteiger partial charge in [0.15, 0.2) is 5.82 Å². The number of fused-ring (bicyclic) bond motifs is 1. The van der Waals surface area contributed by atoms with Gasteiger partial charge in [-0.2, -0.15) is 0 Å². The summed E-state index contributed by atoms with van der Waals surface area (Å²) in [5.41, 5.74) is 3.86. The highest BCUT2D eigenvalue weighted by atomic mass is 19.1. The Balaban J connectivity index is 1.44. The zero-order chi connectivity index (χ0) is 22.9. The van der Waals surface area contributed by atoms with Crippen molar-refractivity contribution in [1.29, 1.82) is 0 Å². The van der Waals surface area contributed by atoms with Crippen LogP contribution < -0.4 is 15.5 Å². The van der Waals surface area contributed by atoms with Gasteiger partial charge in [0.2, 0.25) is 0 Å². The van der Waals surface area contributed by atoms with Crippen LogP contribution in [0.1, 0.15) is 24.3 Å². The minimum absolute atomic E-state index is 0.198. The van der Waals surface area contributed by atoms with Crippen molar-refractivity contribution in [2.75, 3.05) is 36.5 Å². The number of halogens is 1. The molecule has 1 saturated heterocycles. The Morgan fingerprint density at radius 2 is 1.97 bits per heavy atom. The molecule has 1 aliphatic carbocycles. The number of para-hydroxylation sites is 1. The SMILES string of the molecule is FCC1CN(c2nc(-c3ccnc(Nc4ccccc4)c3)nc3cncc(C4CC4)c23)CCN1. The van der Waals surface area contributed by atoms with Crippen LogP contribution in [0.2, 0.25) is 0 Å². The lowest BCUT2D eigenvalue weighted by Gasteiger charge is -2.34. The molecule has 34 heavy (non-hydrogen) atoms. The maximum absolute atomic E-state index is 13.5. The van der Waals surface area contributed by atoms with Crippen LogP contribution in [0.4, 0.5) is 21.7 Å². The molecule has 1 atom stereocenters. The maximum atomic E-state index is 13.5. The van der Waals surface area contributed by atoms with Crippen molar-refractivity contribution in [3.05, 3.63) is 66.6 Å². The fraction of sp³-hybridized carbons (Fsp3) is 0.308. The van der Waals surface area contributed by atoms with Gasteiger partial charge in [0.1, 0.15) is 18.3 Å². The van der Waals surface area contributed by atoms with Crippen LogP contribution in [0.5, 0.6) is 0 Å². The largest absolute Gasteiger partial charge is 0.353 e. The molecule has 6 rings (SSSR count). The number of anilines is 3. The minimum Gasteiger partial charge on any atom is -0.353 e. The number of nitrogens with zero attached hydrogens (tertiary/aromatic N) is 5. The molecule has 1 aliphatic heterocycles. The molecule has 1 unspecified atom stereocenters. The molecule has 8 heteroatoms. The van der Waals surface area contributed by atoms with Gasteiger partial charge in [0.05, 0.1) is 17.8 Å². The predicted molar refractivity (Wildman–Crippen MR) is 132 cm³/mol. The number of piperazine rings is 1. The van der Waals surface area contributed by atoms with Crippen molar-refractivity contribution in [2.24, 2.45) is 0 Å². The van der Waals surface area contributed by atoms with E-state index in [1.54, 1.807) is 6.20 Å². The molecule has 4 heterocycles. The van der Waals surface area contributed by atoms with Crippen molar-refractivity contribution in [3.8, 4) is 11.4 Å². The normalized spacial score (nSPS) is 18.3. The zero-order valence-corrected chi connectivity index (χ0v) is 18.8. The summed E-state index contributed by atoms with van der Waals surface area (Å²) < 4.78 is 13.5. The number of alkyl halides is 1. The average Bonchev–Trinajstić information content (AvgIpc) is 3.74. The number of nitrogens with one attached hydrogen (secondary N) is 2. The minimum atomic E-state index is -0.401. The Morgan fingerprint density at radius 3 is 2.79 bits per heavy atom. The average molecular weight is 456 g/mol. The quantitative estimate of drug-likeness (QED) is 0.445. The van der Waals surface area contributed by atoms with Gasteiger partial charge in [0, 0.05) is 48.7 Å². The lowest BCUT2D eigenvalue weighted by atomic mass is 10.1. The number of hydrogen-bond acceptors (Lipinski definition) is 7. The molecule has 0 spiro atoms. The molecule has 1 aromatic carbocycles. The molecule has 3 aromatic heterocycles. The summed E-state index contributed by atoms with van der Waals surface area (Å²) in [6, 6.07) is 13.6. The van der Waals surface area contributed by atoms with Crippen LogP contribution in [0.3, 0.4) is 0 Å². The Kier molecular flexibility index (Phi) is 5.50. The van der Waals surface area contributed by atoms with Crippen LogP contribution >= 0.6 is 0 Å². The summed E-state index contributed by atoms with van der Waals surface area (Å²) >= 11 is 0. The lowest BCUT2D eigenvalue weighted by Crippen LogP contribution is -2.52. The second-order valence-corrected chi connectivity index (χ2v) is 8.94. The molecule has 0 bridgehead atoms. The van der Waals surface area contributed by atoms with Crippen molar-refractivity contribution in [3.63, 3.8) is 0 Å². The Morgan fingerprint density at radius 1 is 1.09 bits per heavy atom. The fourth-order valence-electron chi connectivity index (χ4n) is 4.58. The van der Waals surface area contributed by atoms with Crippen molar-refractivity contribution in [1.82, 2.24) is 25.3 Å². The Hall–Kier alpha value is -3.65. The van der Waals surface area contributed by atoms with Crippen molar-refractivity contribution < 1.29 is 4.39 Å². The van der Waals surface area contributed by atoms with Crippen LogP contribution in [0.15, 0.2) is 61.1 Å². The highest BCUT2D eigenvalue weighted by Gasteiger charge is 2.30. The zero-order valence-electron chi connectivity index (χ0n) is 18.8. The van der Waals surface area contributed by atoms with Gasteiger partial charge in [0.25, 0.3) is 0 Å². The number of hydrogen-bond donors (Lipinski definition) is 2. The number of benzene rings is 1. The first-order valence-electron chi connectivity index (χ1n) is 11.8. The summed E-state index contributed by atoms with van der Waals surface area (Å²) in [6.45, 7) is 1.67. The highest BCUT2D eigenvalue weighted by Crippen LogP contribution is 2.45. The van der Waals surface area contributed by atoms with Gasteiger partial charge < -0.3 is 15.5 Å². The third-order valence-electron chi connectivity index (χ3n) is 6.44. The van der Waals surface area contributed by atoms with E-state index < -0.39 is 6.67 Å². The summed E-state index contributed by atoms with van der Waals surface area (Å²) in [5.74, 6) is 2.72. The monoisotopic (exact) mass is 455 g/mol. The topological polar surface area (TPSA) is 78.9 Å². The molecule has 4 aromatic rings. The smallest absolute Gasteiger partial charge is 0.162 e. The van der Waals surface area contributed by atoms with Crippen LogP contribution in [-0.2, 0) is 0 Å². The second kappa shape index (κ2) is 8.95. The summed E-state index contributed by atoms with van der Waals surface area (Å²) in [4.78, 5) is 21.1. The summed E-state index contributed by atoms with van der Waals surface area (Å²) in [5, 5.41) is 7.64. The van der Waals surface area contributed by atoms with E-state index in [0.29, 0.717) is 18.3 Å². The number of pyridine rings is 2. The standard InChI is InChI=1S/C26H26FN7/c27-13-20-16-34(11-10-29-20)26-24-21(17-6-7-17)14-28-15-22(24)32-25(33-26)18-8-9-30-23(12-18)31-19-4-2-1-3-5-19/h1-5,8-9,12,14-15,17,20,29H,6-7,10-11,13,16H2,(H,30,31). The van der Waals surface area contributed by atoms with E-state index in [1.807, 2.05) is 54.9 Å². The summed E-state index contributed by atoms with van der Waals surface area (Å²) in [7, 11) is 0. The molecular weight excluding hydrogens is 429 g/mol. The first-order valence-corrected chi connectivity index (χ1v) is 11.8. The van der Waals surface area contributed by atoms with Crippen LogP contribution in [-0.4, -0.2) is 52.3 Å². The van der Waals surface area contributed by atoms with E-state index in [4.69, 9.17) is 9.97 Å². The van der Waals surface area contributed by atoms with E-state index in [2.05, 4.69) is 25.5 Å². The fourth-order valence-corrected chi connectivity index (χ4v) is 4.58. The molecule has 0 amide bonds. The van der Waals surface area contributed by atoms with Gasteiger partial charge in [-0.25, -0.2) is 19.3 Å². The summed E-state index contributed by atoms with van der Waals surface area (Å²) in [6.07, 6.45) is 7.85. The lowest BCUT2D eigenvalue weighted by molar-refractivity contribution is 0.352. The third-order valence-corrected chi connectivity index (χ3v) is 6.44. The highest BCUT2D eigenvalue weighted by molar-refractivity contribution is 5.94. The van der Waals surface area contributed by atoms with E-state index in [1.165, 1.54) is 5.56 Å². The van der Waals surface area contributed by atoms with Gasteiger partial charge >= 0.3 is 0 Å². The van der Waals surface area contributed by atoms with Gasteiger partial charge in [-0.3, -0.25) is 4.98 Å². The Labute approximate surface area is 197 Å². The predicted octanol–water partition coefficient (Wildman–Crippen LogP) is 4.46. The molecule has 7 nitrogen and oxygen atoms in total. The Bertz CT molecular complexity index is 1310. The second-order valence-electron chi connectivity index (χ2n) is 8.94. The molecule has 2 N–H and O–H groups in total. The van der Waals surface area contributed by atoms with E-state index in [-0.39, 0.29) is 6.04 Å². The molecule has 2 aliphatic rings. The first kappa shape index (κ1) is 20.9. The third kappa shape index (κ3) is 4.17. The number of rotatable bonds is 6. The number of aromatic nitrogens is 4. The molecular formula is C26H26FN7.